The summed E-state index contributed by atoms with van der Waals surface area (Å²) in [6, 6.07) is 15.7. The molecule has 29 heavy (non-hydrogen) atoms. The van der Waals surface area contributed by atoms with E-state index in [-0.39, 0.29) is 0 Å². The van der Waals surface area contributed by atoms with E-state index >= 15 is 0 Å². The second-order valence-electron chi connectivity index (χ2n) is 9.60. The Morgan fingerprint density at radius 2 is 1.48 bits per heavy atom. The molecule has 1 heterocycles. The molecule has 154 valence electrons. The van der Waals surface area contributed by atoms with Gasteiger partial charge in [0.15, 0.2) is 0 Å². The van der Waals surface area contributed by atoms with Gasteiger partial charge in [-0.15, -0.1) is 0 Å². The molecule has 0 radical (unpaired) electrons. The molecule has 1 saturated carbocycles. The van der Waals surface area contributed by atoms with Crippen LogP contribution in [0.25, 0.3) is 0 Å². The van der Waals surface area contributed by atoms with E-state index in [1.807, 2.05) is 12.1 Å². The van der Waals surface area contributed by atoms with Crippen molar-refractivity contribution >= 4 is 5.69 Å². The van der Waals surface area contributed by atoms with Gasteiger partial charge in [-0.25, -0.2) is 0 Å². The van der Waals surface area contributed by atoms with Crippen LogP contribution in [0.4, 0.5) is 5.69 Å². The van der Waals surface area contributed by atoms with Crippen molar-refractivity contribution in [2.75, 3.05) is 18.0 Å². The van der Waals surface area contributed by atoms with Crippen LogP contribution in [-0.4, -0.2) is 18.2 Å². The Kier molecular flexibility index (Phi) is 5.52. The lowest BCUT2D eigenvalue weighted by Gasteiger charge is -2.41. The van der Waals surface area contributed by atoms with Crippen LogP contribution < -0.4 is 4.90 Å². The molecule has 2 fully saturated rings. The third-order valence-corrected chi connectivity index (χ3v) is 7.87. The summed E-state index contributed by atoms with van der Waals surface area (Å²) in [5.74, 6) is 2.50. The van der Waals surface area contributed by atoms with Crippen LogP contribution >= 0.6 is 0 Å². The maximum atomic E-state index is 10.0. The third-order valence-electron chi connectivity index (χ3n) is 7.87. The minimum Gasteiger partial charge on any atom is -0.508 e. The van der Waals surface area contributed by atoms with Gasteiger partial charge in [-0.1, -0.05) is 50.3 Å². The van der Waals surface area contributed by atoms with E-state index in [0.717, 1.165) is 18.3 Å². The quantitative estimate of drug-likeness (QED) is 0.634. The highest BCUT2D eigenvalue weighted by Gasteiger charge is 2.36. The number of benzene rings is 2. The highest BCUT2D eigenvalue weighted by Crippen LogP contribution is 2.48. The summed E-state index contributed by atoms with van der Waals surface area (Å²) in [6.07, 6.45) is 13.4. The Bertz CT molecular complexity index is 815. The van der Waals surface area contributed by atoms with Crippen LogP contribution in [0.1, 0.15) is 80.4 Å². The van der Waals surface area contributed by atoms with Crippen LogP contribution in [0.15, 0.2) is 42.5 Å². The molecule has 2 aromatic rings. The first-order valence-corrected chi connectivity index (χ1v) is 12.0. The number of piperidine rings is 1. The molecular formula is C27H35NO. The number of aryl methyl sites for hydroxylation is 1. The van der Waals surface area contributed by atoms with Gasteiger partial charge in [0.1, 0.15) is 5.75 Å². The van der Waals surface area contributed by atoms with Crippen LogP contribution in [-0.2, 0) is 6.42 Å². The Labute approximate surface area is 175 Å². The van der Waals surface area contributed by atoms with E-state index in [2.05, 4.69) is 35.2 Å². The van der Waals surface area contributed by atoms with Gasteiger partial charge in [0.2, 0.25) is 0 Å². The summed E-state index contributed by atoms with van der Waals surface area (Å²) in [6.45, 7) is 2.41. The van der Waals surface area contributed by atoms with Gasteiger partial charge in [-0.3, -0.25) is 0 Å². The molecule has 0 bridgehead atoms. The number of rotatable bonds is 3. The Morgan fingerprint density at radius 3 is 2.24 bits per heavy atom. The molecule has 2 aliphatic carbocycles. The molecule has 2 nitrogen and oxygen atoms in total. The van der Waals surface area contributed by atoms with E-state index in [9.17, 15) is 5.11 Å². The predicted molar refractivity (Wildman–Crippen MR) is 121 cm³/mol. The normalized spacial score (nSPS) is 25.6. The van der Waals surface area contributed by atoms with E-state index < -0.39 is 0 Å². The lowest BCUT2D eigenvalue weighted by atomic mass is 9.64. The topological polar surface area (TPSA) is 23.5 Å². The van der Waals surface area contributed by atoms with Crippen molar-refractivity contribution in [2.45, 2.75) is 70.1 Å². The largest absolute Gasteiger partial charge is 0.508 e. The molecule has 0 amide bonds. The van der Waals surface area contributed by atoms with Crippen molar-refractivity contribution < 1.29 is 5.11 Å². The maximum absolute atomic E-state index is 10.0. The molecule has 2 atom stereocenters. The number of nitrogens with zero attached hydrogens (tertiary/aromatic N) is 1. The van der Waals surface area contributed by atoms with Crippen LogP contribution in [0, 0.1) is 11.8 Å². The first kappa shape index (κ1) is 19.0. The first-order chi connectivity index (χ1) is 14.3. The summed E-state index contributed by atoms with van der Waals surface area (Å²) in [5, 5.41) is 10.0. The van der Waals surface area contributed by atoms with Gasteiger partial charge in [0.05, 0.1) is 0 Å². The lowest BCUT2D eigenvalue weighted by Crippen LogP contribution is -2.30. The standard InChI is InChI=1S/C27H35NO/c29-24-14-16-26-22(19-24)11-15-25(20-7-3-1-4-8-20)27(26)21-9-12-23(13-10-21)28-17-5-2-6-18-28/h9-10,12-14,16,19-20,25,27,29H,1-8,11,15,17-18H2/t25-,27+/m1/s1. The highest BCUT2D eigenvalue weighted by molar-refractivity contribution is 5.51. The van der Waals surface area contributed by atoms with Crippen LogP contribution in [0.5, 0.6) is 5.75 Å². The zero-order valence-corrected chi connectivity index (χ0v) is 17.7. The number of fused-ring (bicyclic) bond motifs is 1. The van der Waals surface area contributed by atoms with E-state index in [1.54, 1.807) is 0 Å². The molecule has 0 spiro atoms. The second-order valence-corrected chi connectivity index (χ2v) is 9.60. The van der Waals surface area contributed by atoms with Gasteiger partial charge in [-0.2, -0.15) is 0 Å². The van der Waals surface area contributed by atoms with Crippen molar-refractivity contribution in [2.24, 2.45) is 11.8 Å². The lowest BCUT2D eigenvalue weighted by molar-refractivity contribution is 0.208. The van der Waals surface area contributed by atoms with Crippen molar-refractivity contribution in [1.29, 1.82) is 0 Å². The fraction of sp³-hybridized carbons (Fsp3) is 0.556. The molecule has 0 aromatic heterocycles. The van der Waals surface area contributed by atoms with Gasteiger partial charge in [0, 0.05) is 24.7 Å². The summed E-state index contributed by atoms with van der Waals surface area (Å²) < 4.78 is 0. The van der Waals surface area contributed by atoms with Crippen molar-refractivity contribution in [3.8, 4) is 5.75 Å². The van der Waals surface area contributed by atoms with Crippen LogP contribution in [0.3, 0.4) is 0 Å². The zero-order valence-electron chi connectivity index (χ0n) is 17.7. The first-order valence-electron chi connectivity index (χ1n) is 12.0. The smallest absolute Gasteiger partial charge is 0.115 e. The molecule has 1 saturated heterocycles. The monoisotopic (exact) mass is 389 g/mol. The van der Waals surface area contributed by atoms with Gasteiger partial charge in [-0.05, 0) is 84.9 Å². The summed E-state index contributed by atoms with van der Waals surface area (Å²) >= 11 is 0. The highest BCUT2D eigenvalue weighted by atomic mass is 16.3. The number of aromatic hydroxyl groups is 1. The number of anilines is 1. The van der Waals surface area contributed by atoms with Crippen LogP contribution in [0.2, 0.25) is 0 Å². The van der Waals surface area contributed by atoms with Crippen molar-refractivity contribution in [1.82, 2.24) is 0 Å². The van der Waals surface area contributed by atoms with Gasteiger partial charge >= 0.3 is 0 Å². The SMILES string of the molecule is Oc1ccc2c(c1)CC[C@H](C1CCCCC1)[C@@H]2c1ccc(N2CCCCC2)cc1. The minimum atomic E-state index is 0.416. The Hall–Kier alpha value is -1.96. The molecule has 2 heteroatoms. The summed E-state index contributed by atoms with van der Waals surface area (Å²) in [4.78, 5) is 2.55. The van der Waals surface area contributed by atoms with E-state index in [1.165, 1.54) is 93.3 Å². The van der Waals surface area contributed by atoms with Gasteiger partial charge in [0.25, 0.3) is 0 Å². The average Bonchev–Trinajstić information content (AvgIpc) is 2.79. The molecule has 3 aliphatic rings. The molecule has 0 unspecified atom stereocenters. The summed E-state index contributed by atoms with van der Waals surface area (Å²) in [5.41, 5.74) is 5.70. The molecular weight excluding hydrogens is 354 g/mol. The molecule has 1 aliphatic heterocycles. The average molecular weight is 390 g/mol. The predicted octanol–water partition coefficient (Wildman–Crippen LogP) is 6.66. The number of phenolic OH excluding ortho intramolecular Hbond substituents is 1. The number of hydrogen-bond donors (Lipinski definition) is 1. The number of phenols is 1. The number of hydrogen-bond acceptors (Lipinski definition) is 2. The molecule has 5 rings (SSSR count). The molecule has 1 N–H and O–H groups in total. The summed E-state index contributed by atoms with van der Waals surface area (Å²) in [7, 11) is 0. The third kappa shape index (κ3) is 3.91. The van der Waals surface area contributed by atoms with Crippen molar-refractivity contribution in [3.05, 3.63) is 59.2 Å². The van der Waals surface area contributed by atoms with E-state index in [4.69, 9.17) is 0 Å². The Morgan fingerprint density at radius 1 is 0.759 bits per heavy atom. The zero-order chi connectivity index (χ0) is 19.6. The maximum Gasteiger partial charge on any atom is 0.115 e. The molecule has 2 aromatic carbocycles. The fourth-order valence-electron chi connectivity index (χ4n) is 6.37. The fourth-order valence-corrected chi connectivity index (χ4v) is 6.37. The van der Waals surface area contributed by atoms with Gasteiger partial charge < -0.3 is 10.0 Å². The second kappa shape index (κ2) is 8.42. The van der Waals surface area contributed by atoms with E-state index in [0.29, 0.717) is 11.7 Å². The van der Waals surface area contributed by atoms with Crippen molar-refractivity contribution in [3.63, 3.8) is 0 Å². The Balaban J connectivity index is 1.48. The minimum absolute atomic E-state index is 0.416.